The summed E-state index contributed by atoms with van der Waals surface area (Å²) in [6.45, 7) is 15.8. The molecule has 1 amide bonds. The number of ketones is 1. The molecule has 1 heterocycles. The maximum Gasteiger partial charge on any atom is 0.494 e. The molecule has 3 unspecified atom stereocenters. The number of ether oxygens (including phenoxy) is 1. The van der Waals surface area contributed by atoms with Gasteiger partial charge in [0.05, 0.1) is 17.2 Å². The molecule has 7 nitrogen and oxygen atoms in total. The SMILES string of the molecule is CC(NC(=O)C(CC=CC(=O)OCC1c2ccccc2-c2ccccc21)C(C)C)C(=O)C(C)c1ccc(B2OC(C)(C)C(C)(C)O2)cc1. The predicted molar refractivity (Wildman–Crippen MR) is 190 cm³/mol. The molecule has 2 aliphatic rings. The van der Waals surface area contributed by atoms with Crippen molar-refractivity contribution < 1.29 is 28.4 Å². The van der Waals surface area contributed by atoms with Crippen LogP contribution in [0.5, 0.6) is 0 Å². The highest BCUT2D eigenvalue weighted by Crippen LogP contribution is 2.44. The van der Waals surface area contributed by atoms with E-state index < -0.39 is 42.2 Å². The number of amides is 1. The molecule has 0 saturated carbocycles. The Kier molecular flexibility index (Phi) is 10.5. The number of carbonyl (C=O) groups excluding carboxylic acids is 3. The van der Waals surface area contributed by atoms with Crippen LogP contribution in [0.25, 0.3) is 11.1 Å². The smallest absolute Gasteiger partial charge is 0.462 e. The van der Waals surface area contributed by atoms with Crippen LogP contribution in [0, 0.1) is 11.8 Å². The lowest BCUT2D eigenvalue weighted by molar-refractivity contribution is -0.138. The summed E-state index contributed by atoms with van der Waals surface area (Å²) in [5.74, 6) is -1.58. The molecular weight excluding hydrogens is 601 g/mol. The van der Waals surface area contributed by atoms with E-state index >= 15 is 0 Å². The maximum absolute atomic E-state index is 13.4. The zero-order valence-electron chi connectivity index (χ0n) is 29.4. The van der Waals surface area contributed by atoms with Crippen molar-refractivity contribution >= 4 is 30.2 Å². The van der Waals surface area contributed by atoms with Gasteiger partial charge in [0.25, 0.3) is 0 Å². The van der Waals surface area contributed by atoms with Gasteiger partial charge in [-0.3, -0.25) is 9.59 Å². The van der Waals surface area contributed by atoms with Gasteiger partial charge in [0.15, 0.2) is 5.78 Å². The molecule has 0 radical (unpaired) electrons. The van der Waals surface area contributed by atoms with Crippen molar-refractivity contribution in [3.8, 4) is 11.1 Å². The van der Waals surface area contributed by atoms with E-state index in [0.717, 1.165) is 22.2 Å². The van der Waals surface area contributed by atoms with Gasteiger partial charge in [-0.25, -0.2) is 4.79 Å². The van der Waals surface area contributed by atoms with Crippen LogP contribution in [-0.4, -0.2) is 48.6 Å². The number of allylic oxidation sites excluding steroid dienone is 1. The van der Waals surface area contributed by atoms with E-state index in [4.69, 9.17) is 14.0 Å². The topological polar surface area (TPSA) is 90.9 Å². The molecule has 0 aromatic heterocycles. The molecule has 5 rings (SSSR count). The van der Waals surface area contributed by atoms with Gasteiger partial charge in [0, 0.05) is 23.8 Å². The highest BCUT2D eigenvalue weighted by molar-refractivity contribution is 6.62. The molecule has 0 bridgehead atoms. The molecule has 1 aliphatic heterocycles. The van der Waals surface area contributed by atoms with E-state index in [2.05, 4.69) is 29.6 Å². The summed E-state index contributed by atoms with van der Waals surface area (Å²) in [5.41, 5.74) is 5.54. The van der Waals surface area contributed by atoms with Crippen LogP contribution in [0.4, 0.5) is 0 Å². The number of hydrogen-bond acceptors (Lipinski definition) is 6. The van der Waals surface area contributed by atoms with Gasteiger partial charge in [0.2, 0.25) is 5.91 Å². The summed E-state index contributed by atoms with van der Waals surface area (Å²) in [4.78, 5) is 39.4. The molecular formula is C40H48BNO6. The first-order chi connectivity index (χ1) is 22.7. The molecule has 1 fully saturated rings. The number of hydrogen-bond donors (Lipinski definition) is 1. The normalized spacial score (nSPS) is 18.3. The molecule has 252 valence electrons. The van der Waals surface area contributed by atoms with Gasteiger partial charge in [-0.05, 0) is 80.2 Å². The molecule has 3 atom stereocenters. The molecule has 0 spiro atoms. The standard InChI is InChI=1S/C40H48BNO6/c1-25(2)30(18-13-19-36(43)46-24-35-33-16-11-9-14-31(33)32-15-10-12-17-34(32)35)38(45)42-27(4)37(44)26(3)28-20-22-29(23-21-28)41-47-39(5,6)40(7,8)48-41/h9-17,19-23,25-27,30,35H,18,24H2,1-8H3,(H,42,45). The van der Waals surface area contributed by atoms with E-state index in [0.29, 0.717) is 6.42 Å². The van der Waals surface area contributed by atoms with E-state index in [-0.39, 0.29) is 30.1 Å². The number of esters is 1. The number of Topliss-reactive ketones (excluding diaryl/α,β-unsaturated/α-hetero) is 1. The minimum atomic E-state index is -0.678. The van der Waals surface area contributed by atoms with Gasteiger partial charge >= 0.3 is 13.1 Å². The Morgan fingerprint density at radius 2 is 1.38 bits per heavy atom. The van der Waals surface area contributed by atoms with Crippen LogP contribution < -0.4 is 10.8 Å². The lowest BCUT2D eigenvalue weighted by Gasteiger charge is -2.32. The monoisotopic (exact) mass is 649 g/mol. The minimum Gasteiger partial charge on any atom is -0.462 e. The van der Waals surface area contributed by atoms with Gasteiger partial charge in [0.1, 0.15) is 6.61 Å². The highest BCUT2D eigenvalue weighted by Gasteiger charge is 2.51. The summed E-state index contributed by atoms with van der Waals surface area (Å²) in [6, 6.07) is 23.4. The van der Waals surface area contributed by atoms with Crippen molar-refractivity contribution in [2.75, 3.05) is 6.61 Å². The Morgan fingerprint density at radius 3 is 1.92 bits per heavy atom. The second-order valence-corrected chi connectivity index (χ2v) is 14.5. The summed E-state index contributed by atoms with van der Waals surface area (Å²) < 4.78 is 18.0. The lowest BCUT2D eigenvalue weighted by atomic mass is 9.78. The lowest BCUT2D eigenvalue weighted by Crippen LogP contribution is -2.44. The van der Waals surface area contributed by atoms with Crippen molar-refractivity contribution in [2.24, 2.45) is 11.8 Å². The second-order valence-electron chi connectivity index (χ2n) is 14.5. The third-order valence-corrected chi connectivity index (χ3v) is 10.3. The molecule has 1 aliphatic carbocycles. The fourth-order valence-corrected chi connectivity index (χ4v) is 6.50. The first kappa shape index (κ1) is 35.3. The Hall–Kier alpha value is -4.01. The summed E-state index contributed by atoms with van der Waals surface area (Å²) in [7, 11) is -0.473. The quantitative estimate of drug-likeness (QED) is 0.133. The Morgan fingerprint density at radius 1 is 0.833 bits per heavy atom. The third-order valence-electron chi connectivity index (χ3n) is 10.3. The first-order valence-corrected chi connectivity index (χ1v) is 17.0. The summed E-state index contributed by atoms with van der Waals surface area (Å²) >= 11 is 0. The average molecular weight is 650 g/mol. The van der Waals surface area contributed by atoms with Gasteiger partial charge < -0.3 is 19.4 Å². The van der Waals surface area contributed by atoms with Gasteiger partial charge in [-0.2, -0.15) is 0 Å². The van der Waals surface area contributed by atoms with E-state index in [1.807, 2.05) is 97.0 Å². The number of rotatable bonds is 12. The highest BCUT2D eigenvalue weighted by atomic mass is 16.7. The third kappa shape index (κ3) is 7.35. The Labute approximate surface area is 285 Å². The van der Waals surface area contributed by atoms with Crippen molar-refractivity contribution in [3.63, 3.8) is 0 Å². The fraction of sp³-hybridized carbons (Fsp3) is 0.425. The summed E-state index contributed by atoms with van der Waals surface area (Å²) in [5, 5.41) is 2.93. The average Bonchev–Trinajstić information content (AvgIpc) is 3.49. The Bertz CT molecular complexity index is 1620. The molecule has 48 heavy (non-hydrogen) atoms. The fourth-order valence-electron chi connectivity index (χ4n) is 6.50. The second kappa shape index (κ2) is 14.2. The Balaban J connectivity index is 1.12. The van der Waals surface area contributed by atoms with E-state index in [1.165, 1.54) is 17.2 Å². The predicted octanol–water partition coefficient (Wildman–Crippen LogP) is 6.74. The van der Waals surface area contributed by atoms with Crippen molar-refractivity contribution in [1.29, 1.82) is 0 Å². The number of fused-ring (bicyclic) bond motifs is 3. The molecule has 3 aromatic carbocycles. The molecule has 3 aromatic rings. The van der Waals surface area contributed by atoms with Crippen LogP contribution in [0.15, 0.2) is 84.9 Å². The number of carbonyl (C=O) groups is 3. The van der Waals surface area contributed by atoms with Crippen molar-refractivity contribution in [2.45, 2.75) is 90.9 Å². The minimum absolute atomic E-state index is 0.000544. The van der Waals surface area contributed by atoms with Crippen LogP contribution >= 0.6 is 0 Å². The van der Waals surface area contributed by atoms with Crippen molar-refractivity contribution in [3.05, 3.63) is 102 Å². The van der Waals surface area contributed by atoms with Crippen molar-refractivity contribution in [1.82, 2.24) is 5.32 Å². The van der Waals surface area contributed by atoms with Crippen LogP contribution in [0.3, 0.4) is 0 Å². The zero-order valence-corrected chi connectivity index (χ0v) is 29.4. The van der Waals surface area contributed by atoms with E-state index in [1.54, 1.807) is 13.0 Å². The number of benzene rings is 3. The largest absolute Gasteiger partial charge is 0.494 e. The van der Waals surface area contributed by atoms with Crippen LogP contribution in [-0.2, 0) is 28.4 Å². The first-order valence-electron chi connectivity index (χ1n) is 17.0. The van der Waals surface area contributed by atoms with Gasteiger partial charge in [-0.1, -0.05) is 99.6 Å². The van der Waals surface area contributed by atoms with E-state index in [9.17, 15) is 14.4 Å². The molecule has 8 heteroatoms. The number of nitrogens with one attached hydrogen (secondary N) is 1. The van der Waals surface area contributed by atoms with Crippen LogP contribution in [0.1, 0.15) is 90.3 Å². The summed E-state index contributed by atoms with van der Waals surface area (Å²) in [6.07, 6.45) is 3.45. The van der Waals surface area contributed by atoms with Crippen LogP contribution in [0.2, 0.25) is 0 Å². The maximum atomic E-state index is 13.4. The molecule has 1 N–H and O–H groups in total. The molecule has 1 saturated heterocycles. The van der Waals surface area contributed by atoms with Gasteiger partial charge in [-0.15, -0.1) is 0 Å². The zero-order chi connectivity index (χ0) is 34.8.